The van der Waals surface area contributed by atoms with E-state index in [4.69, 9.17) is 5.11 Å². The summed E-state index contributed by atoms with van der Waals surface area (Å²) in [6.07, 6.45) is 0.248. The van der Waals surface area contributed by atoms with E-state index < -0.39 is 5.97 Å². The largest absolute Gasteiger partial charge is 0.481 e. The van der Waals surface area contributed by atoms with E-state index in [9.17, 15) is 9.59 Å². The quantitative estimate of drug-likeness (QED) is 0.887. The summed E-state index contributed by atoms with van der Waals surface area (Å²) in [5.41, 5.74) is 1.46. The first-order valence-electron chi connectivity index (χ1n) is 6.17. The number of carboxylic acids is 1. The van der Waals surface area contributed by atoms with Gasteiger partial charge in [-0.1, -0.05) is 37.3 Å². The van der Waals surface area contributed by atoms with Crippen LogP contribution < -0.4 is 5.32 Å². The monoisotopic (exact) mass is 290 g/mol. The number of carbonyl (C=O) groups is 2. The summed E-state index contributed by atoms with van der Waals surface area (Å²) in [6.45, 7) is 1.75. The maximum Gasteiger partial charge on any atom is 0.308 e. The Hall–Kier alpha value is -2.21. The van der Waals surface area contributed by atoms with Gasteiger partial charge in [0.25, 0.3) is 0 Å². The van der Waals surface area contributed by atoms with Crippen molar-refractivity contribution in [3.8, 4) is 11.3 Å². The summed E-state index contributed by atoms with van der Waals surface area (Å²) in [7, 11) is 0. The summed E-state index contributed by atoms with van der Waals surface area (Å²) in [4.78, 5) is 27.3. The lowest BCUT2D eigenvalue weighted by atomic mass is 10.1. The van der Waals surface area contributed by atoms with Crippen molar-refractivity contribution in [2.75, 3.05) is 5.32 Å². The van der Waals surface area contributed by atoms with Crippen LogP contribution in [-0.2, 0) is 16.0 Å². The minimum Gasteiger partial charge on any atom is -0.481 e. The molecule has 1 amide bonds. The zero-order chi connectivity index (χ0) is 14.5. The van der Waals surface area contributed by atoms with Crippen LogP contribution in [0.25, 0.3) is 11.3 Å². The number of amides is 1. The molecule has 0 spiro atoms. The van der Waals surface area contributed by atoms with Gasteiger partial charge in [-0.15, -0.1) is 11.3 Å². The molecule has 0 fully saturated rings. The predicted octanol–water partition coefficient (Wildman–Crippen LogP) is 2.79. The Kier molecular flexibility index (Phi) is 4.47. The van der Waals surface area contributed by atoms with Gasteiger partial charge >= 0.3 is 5.97 Å². The molecule has 6 heteroatoms. The standard InChI is InChI=1S/C14H14N2O3S/c1-2-11(17)15-14-16-13(9-6-4-3-5-7-9)10(20-14)8-12(18)19/h3-7H,2,8H2,1H3,(H,18,19)(H,15,16,17). The molecule has 20 heavy (non-hydrogen) atoms. The van der Waals surface area contributed by atoms with E-state index >= 15 is 0 Å². The second-order valence-electron chi connectivity index (χ2n) is 4.13. The SMILES string of the molecule is CCC(=O)Nc1nc(-c2ccccc2)c(CC(=O)O)s1. The van der Waals surface area contributed by atoms with Crippen LogP contribution in [0.2, 0.25) is 0 Å². The van der Waals surface area contributed by atoms with E-state index in [2.05, 4.69) is 10.3 Å². The Labute approximate surface area is 120 Å². The minimum absolute atomic E-state index is 0.107. The van der Waals surface area contributed by atoms with Crippen LogP contribution in [0.1, 0.15) is 18.2 Å². The third kappa shape index (κ3) is 3.42. The third-order valence-corrected chi connectivity index (χ3v) is 3.59. The van der Waals surface area contributed by atoms with Crippen LogP contribution in [0.3, 0.4) is 0 Å². The lowest BCUT2D eigenvalue weighted by molar-refractivity contribution is -0.136. The van der Waals surface area contributed by atoms with Crippen molar-refractivity contribution < 1.29 is 14.7 Å². The van der Waals surface area contributed by atoms with Crippen molar-refractivity contribution in [3.05, 3.63) is 35.2 Å². The van der Waals surface area contributed by atoms with Crippen LogP contribution >= 0.6 is 11.3 Å². The maximum atomic E-state index is 11.4. The molecule has 0 atom stereocenters. The third-order valence-electron chi connectivity index (χ3n) is 2.62. The lowest BCUT2D eigenvalue weighted by Crippen LogP contribution is -2.08. The smallest absolute Gasteiger partial charge is 0.308 e. The maximum absolute atomic E-state index is 11.4. The Morgan fingerprint density at radius 1 is 1.30 bits per heavy atom. The topological polar surface area (TPSA) is 79.3 Å². The highest BCUT2D eigenvalue weighted by molar-refractivity contribution is 7.16. The summed E-state index contributed by atoms with van der Waals surface area (Å²) in [5, 5.41) is 12.1. The highest BCUT2D eigenvalue weighted by atomic mass is 32.1. The van der Waals surface area contributed by atoms with Gasteiger partial charge < -0.3 is 10.4 Å². The fourth-order valence-corrected chi connectivity index (χ4v) is 2.68. The molecular formula is C14H14N2O3S. The van der Waals surface area contributed by atoms with Gasteiger partial charge in [0, 0.05) is 16.9 Å². The molecule has 0 unspecified atom stereocenters. The highest BCUT2D eigenvalue weighted by Crippen LogP contribution is 2.31. The molecular weight excluding hydrogens is 276 g/mol. The van der Waals surface area contributed by atoms with E-state index in [1.165, 1.54) is 11.3 Å². The molecule has 104 valence electrons. The highest BCUT2D eigenvalue weighted by Gasteiger charge is 2.16. The number of anilines is 1. The number of nitrogens with one attached hydrogen (secondary N) is 1. The summed E-state index contributed by atoms with van der Waals surface area (Å²) >= 11 is 1.20. The van der Waals surface area contributed by atoms with Gasteiger partial charge in [-0.05, 0) is 0 Å². The average molecular weight is 290 g/mol. The zero-order valence-electron chi connectivity index (χ0n) is 10.9. The number of hydrogen-bond acceptors (Lipinski definition) is 4. The molecule has 1 aromatic carbocycles. The number of aromatic nitrogens is 1. The molecule has 0 saturated carbocycles. The van der Waals surface area contributed by atoms with E-state index in [0.717, 1.165) is 5.56 Å². The number of thiazole rings is 1. The first-order chi connectivity index (χ1) is 9.60. The van der Waals surface area contributed by atoms with Gasteiger partial charge in [0.15, 0.2) is 5.13 Å². The van der Waals surface area contributed by atoms with Gasteiger partial charge in [-0.2, -0.15) is 0 Å². The predicted molar refractivity (Wildman–Crippen MR) is 77.8 cm³/mol. The molecule has 0 radical (unpaired) electrons. The van der Waals surface area contributed by atoms with Gasteiger partial charge in [-0.3, -0.25) is 9.59 Å². The number of carbonyl (C=O) groups excluding carboxylic acids is 1. The summed E-state index contributed by atoms with van der Waals surface area (Å²) < 4.78 is 0. The van der Waals surface area contributed by atoms with Gasteiger partial charge in [0.05, 0.1) is 12.1 Å². The van der Waals surface area contributed by atoms with E-state index in [1.54, 1.807) is 6.92 Å². The van der Waals surface area contributed by atoms with E-state index in [-0.39, 0.29) is 12.3 Å². The Morgan fingerprint density at radius 3 is 2.60 bits per heavy atom. The number of carboxylic acid groups (broad SMARTS) is 1. The molecule has 0 bridgehead atoms. The number of nitrogens with zero attached hydrogens (tertiary/aromatic N) is 1. The van der Waals surface area contributed by atoms with E-state index in [0.29, 0.717) is 22.1 Å². The Balaban J connectivity index is 2.37. The average Bonchev–Trinajstić information content (AvgIpc) is 2.81. The number of rotatable bonds is 5. The molecule has 0 aliphatic carbocycles. The van der Waals surface area contributed by atoms with E-state index in [1.807, 2.05) is 30.3 Å². The first kappa shape index (κ1) is 14.2. The number of benzene rings is 1. The first-order valence-corrected chi connectivity index (χ1v) is 6.98. The van der Waals surface area contributed by atoms with Gasteiger partial charge in [0.2, 0.25) is 5.91 Å². The molecule has 1 heterocycles. The minimum atomic E-state index is -0.917. The Morgan fingerprint density at radius 2 is 2.00 bits per heavy atom. The van der Waals surface area contributed by atoms with Crippen LogP contribution in [0.4, 0.5) is 5.13 Å². The van der Waals surface area contributed by atoms with Crippen LogP contribution in [0, 0.1) is 0 Å². The second-order valence-corrected chi connectivity index (χ2v) is 5.21. The molecule has 0 saturated heterocycles. The van der Waals surface area contributed by atoms with Crippen LogP contribution in [-0.4, -0.2) is 22.0 Å². The van der Waals surface area contributed by atoms with Crippen molar-refractivity contribution in [3.63, 3.8) is 0 Å². The molecule has 1 aromatic heterocycles. The number of aliphatic carboxylic acids is 1. The summed E-state index contributed by atoms with van der Waals surface area (Å²) in [6, 6.07) is 9.34. The fraction of sp³-hybridized carbons (Fsp3) is 0.214. The van der Waals surface area contributed by atoms with Crippen molar-refractivity contribution >= 4 is 28.3 Å². The van der Waals surface area contributed by atoms with Crippen molar-refractivity contribution in [2.24, 2.45) is 0 Å². The summed E-state index contributed by atoms with van der Waals surface area (Å²) in [5.74, 6) is -1.06. The van der Waals surface area contributed by atoms with Crippen molar-refractivity contribution in [1.82, 2.24) is 4.98 Å². The van der Waals surface area contributed by atoms with Crippen molar-refractivity contribution in [1.29, 1.82) is 0 Å². The van der Waals surface area contributed by atoms with Crippen molar-refractivity contribution in [2.45, 2.75) is 19.8 Å². The molecule has 2 rings (SSSR count). The Bertz CT molecular complexity index is 623. The molecule has 5 nitrogen and oxygen atoms in total. The normalized spacial score (nSPS) is 10.2. The molecule has 0 aliphatic rings. The fourth-order valence-electron chi connectivity index (χ4n) is 1.69. The van der Waals surface area contributed by atoms with Crippen LogP contribution in [0.15, 0.2) is 30.3 Å². The zero-order valence-corrected chi connectivity index (χ0v) is 11.7. The molecule has 0 aliphatic heterocycles. The van der Waals surface area contributed by atoms with Gasteiger partial charge in [0.1, 0.15) is 0 Å². The molecule has 2 aromatic rings. The number of hydrogen-bond donors (Lipinski definition) is 2. The van der Waals surface area contributed by atoms with Gasteiger partial charge in [-0.25, -0.2) is 4.98 Å². The lowest BCUT2D eigenvalue weighted by Gasteiger charge is -1.99. The van der Waals surface area contributed by atoms with Crippen LogP contribution in [0.5, 0.6) is 0 Å². The molecule has 2 N–H and O–H groups in total. The second kappa shape index (κ2) is 6.29.